The maximum absolute atomic E-state index is 10.6. The zero-order valence-corrected chi connectivity index (χ0v) is 8.62. The molecule has 2 aromatic rings. The summed E-state index contributed by atoms with van der Waals surface area (Å²) in [6.07, 6.45) is 2.68. The molecule has 0 fully saturated rings. The molecule has 0 saturated heterocycles. The Labute approximate surface area is 88.1 Å². The van der Waals surface area contributed by atoms with E-state index in [2.05, 4.69) is 11.1 Å². The number of rotatable bonds is 3. The monoisotopic (exact) mass is 203 g/mol. The number of aromatic nitrogens is 1. The first-order chi connectivity index (χ1) is 7.25. The van der Waals surface area contributed by atoms with E-state index >= 15 is 0 Å². The quantitative estimate of drug-likeness (QED) is 0.777. The van der Waals surface area contributed by atoms with E-state index in [4.69, 9.17) is 4.74 Å². The van der Waals surface area contributed by atoms with Crippen molar-refractivity contribution in [3.63, 3.8) is 0 Å². The van der Waals surface area contributed by atoms with Crippen molar-refractivity contribution in [3.8, 4) is 0 Å². The number of benzene rings is 1. The highest BCUT2D eigenvalue weighted by Gasteiger charge is 1.98. The molecule has 0 amide bonds. The van der Waals surface area contributed by atoms with Crippen LogP contribution in [0, 0.1) is 0 Å². The normalized spacial score (nSPS) is 10.5. The van der Waals surface area contributed by atoms with Gasteiger partial charge in [-0.2, -0.15) is 0 Å². The fraction of sp³-hybridized carbons (Fsp3) is 0.250. The van der Waals surface area contributed by atoms with Crippen molar-refractivity contribution in [2.45, 2.75) is 13.3 Å². The van der Waals surface area contributed by atoms with Crippen molar-refractivity contribution in [1.82, 2.24) is 4.98 Å². The Balaban J connectivity index is 2.04. The highest BCUT2D eigenvalue weighted by molar-refractivity contribution is 5.79. The Kier molecular flexibility index (Phi) is 2.72. The van der Waals surface area contributed by atoms with Gasteiger partial charge >= 0.3 is 5.97 Å². The van der Waals surface area contributed by atoms with Crippen molar-refractivity contribution in [2.75, 3.05) is 6.61 Å². The van der Waals surface area contributed by atoms with Crippen LogP contribution in [0.1, 0.15) is 12.5 Å². The molecule has 2 rings (SSSR count). The molecule has 0 bridgehead atoms. The minimum Gasteiger partial charge on any atom is -0.466 e. The predicted molar refractivity (Wildman–Crippen MR) is 58.6 cm³/mol. The minimum absolute atomic E-state index is 0.224. The molecule has 0 aliphatic rings. The smallest absolute Gasteiger partial charge is 0.302 e. The first kappa shape index (κ1) is 9.77. The largest absolute Gasteiger partial charge is 0.466 e. The first-order valence-electron chi connectivity index (χ1n) is 4.95. The van der Waals surface area contributed by atoms with Crippen LogP contribution in [0.3, 0.4) is 0 Å². The predicted octanol–water partition coefficient (Wildman–Crippen LogP) is 2.27. The molecule has 0 spiro atoms. The number of ether oxygens (including phenoxy) is 1. The molecule has 0 atom stereocenters. The van der Waals surface area contributed by atoms with Crippen LogP contribution in [-0.4, -0.2) is 17.6 Å². The summed E-state index contributed by atoms with van der Waals surface area (Å²) in [6, 6.07) is 8.22. The first-order valence-corrected chi connectivity index (χ1v) is 4.95. The molecule has 0 saturated carbocycles. The van der Waals surface area contributed by atoms with Crippen LogP contribution in [0.4, 0.5) is 0 Å². The lowest BCUT2D eigenvalue weighted by atomic mass is 10.1. The van der Waals surface area contributed by atoms with E-state index in [0.29, 0.717) is 6.61 Å². The third kappa shape index (κ3) is 2.37. The fourth-order valence-electron chi connectivity index (χ4n) is 1.57. The summed E-state index contributed by atoms with van der Waals surface area (Å²) in [6.45, 7) is 1.88. The standard InChI is InChI=1S/C12H13NO2/c1-9(14)15-7-5-10-2-3-12-11(8-10)4-6-13-12/h2-4,6,8,13H,5,7H2,1H3. The number of fused-ring (bicyclic) bond motifs is 1. The van der Waals surface area contributed by atoms with Gasteiger partial charge in [0.1, 0.15) is 0 Å². The van der Waals surface area contributed by atoms with Crippen molar-refractivity contribution in [3.05, 3.63) is 36.0 Å². The van der Waals surface area contributed by atoms with Crippen molar-refractivity contribution in [2.24, 2.45) is 0 Å². The molecule has 3 nitrogen and oxygen atoms in total. The number of hydrogen-bond acceptors (Lipinski definition) is 2. The van der Waals surface area contributed by atoms with Gasteiger partial charge in [0.25, 0.3) is 0 Å². The topological polar surface area (TPSA) is 42.1 Å². The Bertz CT molecular complexity index is 473. The van der Waals surface area contributed by atoms with Crippen molar-refractivity contribution in [1.29, 1.82) is 0 Å². The van der Waals surface area contributed by atoms with E-state index in [1.165, 1.54) is 17.9 Å². The Morgan fingerprint density at radius 1 is 1.40 bits per heavy atom. The van der Waals surface area contributed by atoms with Gasteiger partial charge in [-0.15, -0.1) is 0 Å². The average molecular weight is 203 g/mol. The van der Waals surface area contributed by atoms with E-state index in [0.717, 1.165) is 11.9 Å². The third-order valence-corrected chi connectivity index (χ3v) is 2.31. The van der Waals surface area contributed by atoms with Gasteiger partial charge in [0.05, 0.1) is 6.61 Å². The van der Waals surface area contributed by atoms with Crippen LogP contribution in [-0.2, 0) is 16.0 Å². The zero-order chi connectivity index (χ0) is 10.7. The van der Waals surface area contributed by atoms with Crippen LogP contribution in [0.15, 0.2) is 30.5 Å². The third-order valence-electron chi connectivity index (χ3n) is 2.31. The zero-order valence-electron chi connectivity index (χ0n) is 8.62. The molecule has 0 radical (unpaired) electrons. The van der Waals surface area contributed by atoms with Crippen LogP contribution in [0.25, 0.3) is 10.9 Å². The molecule has 0 aliphatic carbocycles. The maximum Gasteiger partial charge on any atom is 0.302 e. The summed E-state index contributed by atoms with van der Waals surface area (Å²) in [5.41, 5.74) is 2.31. The van der Waals surface area contributed by atoms with Gasteiger partial charge in [-0.05, 0) is 29.1 Å². The molecular formula is C12H13NO2. The number of esters is 1. The van der Waals surface area contributed by atoms with E-state index in [-0.39, 0.29) is 5.97 Å². The Hall–Kier alpha value is -1.77. The van der Waals surface area contributed by atoms with E-state index in [1.54, 1.807) is 0 Å². The highest BCUT2D eigenvalue weighted by atomic mass is 16.5. The van der Waals surface area contributed by atoms with Gasteiger partial charge in [-0.3, -0.25) is 4.79 Å². The minimum atomic E-state index is -0.224. The van der Waals surface area contributed by atoms with E-state index in [9.17, 15) is 4.79 Å². The van der Waals surface area contributed by atoms with Gasteiger partial charge in [0.15, 0.2) is 0 Å². The van der Waals surface area contributed by atoms with Crippen LogP contribution >= 0.6 is 0 Å². The molecule has 1 N–H and O–H groups in total. The lowest BCUT2D eigenvalue weighted by Crippen LogP contribution is -2.03. The van der Waals surface area contributed by atoms with E-state index < -0.39 is 0 Å². The Morgan fingerprint density at radius 2 is 2.27 bits per heavy atom. The van der Waals surface area contributed by atoms with Gasteiger partial charge in [0.2, 0.25) is 0 Å². The highest BCUT2D eigenvalue weighted by Crippen LogP contribution is 2.14. The molecular weight excluding hydrogens is 190 g/mol. The number of hydrogen-bond donors (Lipinski definition) is 1. The number of carbonyl (C=O) groups excluding carboxylic acids is 1. The van der Waals surface area contributed by atoms with Gasteiger partial charge in [0, 0.05) is 25.1 Å². The average Bonchev–Trinajstić information content (AvgIpc) is 2.64. The molecule has 15 heavy (non-hydrogen) atoms. The van der Waals surface area contributed by atoms with Crippen LogP contribution in [0.5, 0.6) is 0 Å². The van der Waals surface area contributed by atoms with Crippen LogP contribution in [0.2, 0.25) is 0 Å². The van der Waals surface area contributed by atoms with Crippen molar-refractivity contribution < 1.29 is 9.53 Å². The summed E-state index contributed by atoms with van der Waals surface area (Å²) in [7, 11) is 0. The maximum atomic E-state index is 10.6. The molecule has 3 heteroatoms. The molecule has 1 aromatic carbocycles. The summed E-state index contributed by atoms with van der Waals surface area (Å²) >= 11 is 0. The van der Waals surface area contributed by atoms with Crippen LogP contribution < -0.4 is 0 Å². The number of nitrogens with one attached hydrogen (secondary N) is 1. The fourth-order valence-corrected chi connectivity index (χ4v) is 1.57. The lowest BCUT2D eigenvalue weighted by molar-refractivity contribution is -0.140. The summed E-state index contributed by atoms with van der Waals surface area (Å²) in [4.78, 5) is 13.7. The SMILES string of the molecule is CC(=O)OCCc1ccc2[nH]ccc2c1. The number of carbonyl (C=O) groups is 1. The molecule has 0 aliphatic heterocycles. The molecule has 1 heterocycles. The second kappa shape index (κ2) is 4.17. The summed E-state index contributed by atoms with van der Waals surface area (Å²) < 4.78 is 4.89. The Morgan fingerprint density at radius 3 is 3.07 bits per heavy atom. The second-order valence-electron chi connectivity index (χ2n) is 3.49. The van der Waals surface area contributed by atoms with Gasteiger partial charge in [-0.1, -0.05) is 6.07 Å². The van der Waals surface area contributed by atoms with E-state index in [1.807, 2.05) is 24.4 Å². The molecule has 1 aromatic heterocycles. The van der Waals surface area contributed by atoms with Gasteiger partial charge < -0.3 is 9.72 Å². The number of aromatic amines is 1. The molecule has 0 unspecified atom stereocenters. The summed E-state index contributed by atoms with van der Waals surface area (Å²) in [5.74, 6) is -0.224. The molecule has 78 valence electrons. The lowest BCUT2D eigenvalue weighted by Gasteiger charge is -2.02. The van der Waals surface area contributed by atoms with Gasteiger partial charge in [-0.25, -0.2) is 0 Å². The summed E-state index contributed by atoms with van der Waals surface area (Å²) in [5, 5.41) is 1.19. The second-order valence-corrected chi connectivity index (χ2v) is 3.49. The van der Waals surface area contributed by atoms with Crippen molar-refractivity contribution >= 4 is 16.9 Å². The number of H-pyrrole nitrogens is 1.